The van der Waals surface area contributed by atoms with Gasteiger partial charge >= 0.3 is 0 Å². The Morgan fingerprint density at radius 3 is 2.59 bits per heavy atom. The highest BCUT2D eigenvalue weighted by atomic mass is 15.3. The van der Waals surface area contributed by atoms with Crippen molar-refractivity contribution in [1.29, 1.82) is 0 Å². The van der Waals surface area contributed by atoms with E-state index in [1.54, 1.807) is 0 Å². The topological polar surface area (TPSA) is 53.5 Å². The molecule has 6 heteroatoms. The van der Waals surface area contributed by atoms with E-state index < -0.39 is 0 Å². The molecule has 1 aliphatic carbocycles. The number of nitrogens with zero attached hydrogens (tertiary/aromatic N) is 6. The van der Waals surface area contributed by atoms with E-state index >= 15 is 0 Å². The molecule has 3 aromatic rings. The molecular weight excluding hydrogens is 336 g/mol. The minimum absolute atomic E-state index is 0.263. The molecule has 1 saturated carbocycles. The van der Waals surface area contributed by atoms with E-state index in [1.807, 2.05) is 18.7 Å². The zero-order chi connectivity index (χ0) is 19.0. The van der Waals surface area contributed by atoms with Crippen LogP contribution in [0.4, 0.5) is 0 Å². The van der Waals surface area contributed by atoms with Crippen molar-refractivity contribution in [3.63, 3.8) is 0 Å². The van der Waals surface area contributed by atoms with Crippen molar-refractivity contribution >= 4 is 0 Å². The van der Waals surface area contributed by atoms with Crippen LogP contribution in [0.5, 0.6) is 0 Å². The largest absolute Gasteiger partial charge is 0.328 e. The fourth-order valence-electron chi connectivity index (χ4n) is 4.26. The lowest BCUT2D eigenvalue weighted by atomic mass is 9.96. The SMILES string of the molecule is Cc1nn([C@H](C)Cn2cncc2-c2cnn(C3CCCCC3)c2)c(C)c1C. The van der Waals surface area contributed by atoms with Gasteiger partial charge in [0.25, 0.3) is 0 Å². The van der Waals surface area contributed by atoms with E-state index in [9.17, 15) is 0 Å². The summed E-state index contributed by atoms with van der Waals surface area (Å²) >= 11 is 0. The van der Waals surface area contributed by atoms with Gasteiger partial charge in [0.1, 0.15) is 0 Å². The van der Waals surface area contributed by atoms with E-state index in [0.29, 0.717) is 6.04 Å². The van der Waals surface area contributed by atoms with Gasteiger partial charge in [0.2, 0.25) is 0 Å². The Hall–Kier alpha value is -2.37. The first kappa shape index (κ1) is 18.0. The second-order valence-electron chi connectivity index (χ2n) is 8.02. The maximum atomic E-state index is 4.72. The van der Waals surface area contributed by atoms with E-state index in [1.165, 1.54) is 43.4 Å². The van der Waals surface area contributed by atoms with Crippen molar-refractivity contribution in [2.45, 2.75) is 78.4 Å². The van der Waals surface area contributed by atoms with Crippen molar-refractivity contribution < 1.29 is 0 Å². The Labute approximate surface area is 161 Å². The highest BCUT2D eigenvalue weighted by Gasteiger charge is 2.19. The van der Waals surface area contributed by atoms with Gasteiger partial charge in [-0.3, -0.25) is 9.36 Å². The molecule has 4 rings (SSSR count). The molecule has 0 radical (unpaired) electrons. The molecule has 0 N–H and O–H groups in total. The molecule has 0 spiro atoms. The Morgan fingerprint density at radius 1 is 1.11 bits per heavy atom. The molecule has 0 unspecified atom stereocenters. The number of hydrogen-bond acceptors (Lipinski definition) is 3. The van der Waals surface area contributed by atoms with E-state index in [4.69, 9.17) is 5.10 Å². The molecule has 0 aliphatic heterocycles. The van der Waals surface area contributed by atoms with Crippen LogP contribution in [0.25, 0.3) is 11.3 Å². The van der Waals surface area contributed by atoms with Gasteiger partial charge in [-0.2, -0.15) is 10.2 Å². The fraction of sp³-hybridized carbons (Fsp3) is 0.571. The second kappa shape index (κ2) is 7.33. The van der Waals surface area contributed by atoms with Gasteiger partial charge in [-0.05, 0) is 46.1 Å². The van der Waals surface area contributed by atoms with E-state index in [-0.39, 0.29) is 6.04 Å². The molecule has 1 fully saturated rings. The summed E-state index contributed by atoms with van der Waals surface area (Å²) in [6, 6.07) is 0.819. The minimum atomic E-state index is 0.263. The zero-order valence-electron chi connectivity index (χ0n) is 16.9. The number of aryl methyl sites for hydroxylation is 1. The quantitative estimate of drug-likeness (QED) is 0.661. The monoisotopic (exact) mass is 366 g/mol. The van der Waals surface area contributed by atoms with Crippen LogP contribution in [0, 0.1) is 20.8 Å². The lowest BCUT2D eigenvalue weighted by Gasteiger charge is -2.21. The third kappa shape index (κ3) is 3.45. The molecule has 0 aromatic carbocycles. The number of aromatic nitrogens is 6. The molecule has 3 aromatic heterocycles. The molecule has 27 heavy (non-hydrogen) atoms. The molecule has 0 bridgehead atoms. The van der Waals surface area contributed by atoms with Crippen LogP contribution in [0.15, 0.2) is 24.9 Å². The van der Waals surface area contributed by atoms with Gasteiger partial charge in [-0.1, -0.05) is 19.3 Å². The molecule has 1 aliphatic rings. The summed E-state index contributed by atoms with van der Waals surface area (Å²) in [5, 5.41) is 9.39. The van der Waals surface area contributed by atoms with Crippen LogP contribution in [0.3, 0.4) is 0 Å². The summed E-state index contributed by atoms with van der Waals surface area (Å²) in [6.07, 6.45) is 14.5. The summed E-state index contributed by atoms with van der Waals surface area (Å²) in [6.45, 7) is 9.42. The van der Waals surface area contributed by atoms with Gasteiger partial charge in [0.15, 0.2) is 0 Å². The fourth-order valence-corrected chi connectivity index (χ4v) is 4.26. The standard InChI is InChI=1S/C21H30N6/c1-15(27-18(4)16(2)17(3)24-27)12-25-14-22-11-21(25)19-10-23-26(13-19)20-8-6-5-7-9-20/h10-11,13-15,20H,5-9,12H2,1-4H3/t15-/m1/s1. The van der Waals surface area contributed by atoms with Crippen molar-refractivity contribution in [3.8, 4) is 11.3 Å². The smallest absolute Gasteiger partial charge is 0.0951 e. The number of hydrogen-bond donors (Lipinski definition) is 0. The second-order valence-corrected chi connectivity index (χ2v) is 8.02. The van der Waals surface area contributed by atoms with Crippen LogP contribution in [-0.2, 0) is 6.54 Å². The molecule has 0 saturated heterocycles. The molecule has 144 valence electrons. The minimum Gasteiger partial charge on any atom is -0.328 e. The summed E-state index contributed by atoms with van der Waals surface area (Å²) in [5.74, 6) is 0. The average molecular weight is 367 g/mol. The van der Waals surface area contributed by atoms with Crippen LogP contribution < -0.4 is 0 Å². The van der Waals surface area contributed by atoms with Crippen molar-refractivity contribution in [2.75, 3.05) is 0 Å². The first-order chi connectivity index (χ1) is 13.0. The highest BCUT2D eigenvalue weighted by Crippen LogP contribution is 2.29. The van der Waals surface area contributed by atoms with Crippen LogP contribution >= 0.6 is 0 Å². The predicted octanol–water partition coefficient (Wildman–Crippen LogP) is 4.63. The van der Waals surface area contributed by atoms with Crippen molar-refractivity contribution in [2.24, 2.45) is 0 Å². The first-order valence-corrected chi connectivity index (χ1v) is 10.1. The molecular formula is C21H30N6. The van der Waals surface area contributed by atoms with E-state index in [0.717, 1.165) is 23.5 Å². The Bertz CT molecular complexity index is 909. The van der Waals surface area contributed by atoms with Crippen LogP contribution in [-0.4, -0.2) is 29.1 Å². The molecule has 1 atom stereocenters. The maximum Gasteiger partial charge on any atom is 0.0951 e. The molecule has 6 nitrogen and oxygen atoms in total. The maximum absolute atomic E-state index is 4.72. The van der Waals surface area contributed by atoms with Gasteiger partial charge in [-0.15, -0.1) is 0 Å². The summed E-state index contributed by atoms with van der Waals surface area (Å²) in [4.78, 5) is 4.41. The normalized spacial score (nSPS) is 16.7. The summed E-state index contributed by atoms with van der Waals surface area (Å²) in [5.41, 5.74) is 5.91. The number of rotatable bonds is 5. The van der Waals surface area contributed by atoms with Gasteiger partial charge < -0.3 is 4.57 Å². The Balaban J connectivity index is 1.54. The van der Waals surface area contributed by atoms with Crippen LogP contribution in [0.1, 0.15) is 68.1 Å². The lowest BCUT2D eigenvalue weighted by Crippen LogP contribution is -2.16. The summed E-state index contributed by atoms with van der Waals surface area (Å²) < 4.78 is 6.53. The van der Waals surface area contributed by atoms with Gasteiger partial charge in [-0.25, -0.2) is 4.98 Å². The van der Waals surface area contributed by atoms with Crippen molar-refractivity contribution in [1.82, 2.24) is 29.1 Å². The Morgan fingerprint density at radius 2 is 1.89 bits per heavy atom. The third-order valence-corrected chi connectivity index (χ3v) is 6.12. The zero-order valence-corrected chi connectivity index (χ0v) is 16.9. The first-order valence-electron chi connectivity index (χ1n) is 10.1. The van der Waals surface area contributed by atoms with Crippen LogP contribution in [0.2, 0.25) is 0 Å². The lowest BCUT2D eigenvalue weighted by molar-refractivity contribution is 0.329. The van der Waals surface area contributed by atoms with Gasteiger partial charge in [0, 0.05) is 24.0 Å². The predicted molar refractivity (Wildman–Crippen MR) is 107 cm³/mol. The Kier molecular flexibility index (Phi) is 4.89. The molecule has 3 heterocycles. The third-order valence-electron chi connectivity index (χ3n) is 6.12. The van der Waals surface area contributed by atoms with E-state index in [2.05, 4.69) is 57.9 Å². The average Bonchev–Trinajstić information content (AvgIpc) is 3.39. The van der Waals surface area contributed by atoms with Crippen molar-refractivity contribution in [3.05, 3.63) is 41.9 Å². The van der Waals surface area contributed by atoms with Gasteiger partial charge in [0.05, 0.1) is 42.2 Å². The number of imidazole rings is 1. The molecule has 0 amide bonds. The highest BCUT2D eigenvalue weighted by molar-refractivity contribution is 5.56. The summed E-state index contributed by atoms with van der Waals surface area (Å²) in [7, 11) is 0.